The van der Waals surface area contributed by atoms with Crippen LogP contribution in [0.1, 0.15) is 44.4 Å². The molecule has 2 bridgehead atoms. The number of anilines is 1. The number of nitrogens with zero attached hydrogens (tertiary/aromatic N) is 1. The topological polar surface area (TPSA) is 74.7 Å². The van der Waals surface area contributed by atoms with Crippen LogP contribution in [-0.2, 0) is 9.59 Å². The largest absolute Gasteiger partial charge is 0.478 e. The Bertz CT molecular complexity index is 1150. The van der Waals surface area contributed by atoms with Crippen LogP contribution >= 0.6 is 0 Å². The van der Waals surface area contributed by atoms with Crippen LogP contribution in [0, 0.1) is 11.8 Å². The maximum absolute atomic E-state index is 13.6. The zero-order chi connectivity index (χ0) is 20.6. The predicted octanol–water partition coefficient (Wildman–Crippen LogP) is 3.78. The van der Waals surface area contributed by atoms with Crippen molar-refractivity contribution in [3.05, 3.63) is 101 Å². The van der Waals surface area contributed by atoms with E-state index >= 15 is 0 Å². The lowest BCUT2D eigenvalue weighted by Crippen LogP contribution is -2.41. The van der Waals surface area contributed by atoms with Crippen LogP contribution in [0.3, 0.4) is 0 Å². The van der Waals surface area contributed by atoms with Gasteiger partial charge < -0.3 is 5.11 Å². The zero-order valence-corrected chi connectivity index (χ0v) is 15.9. The minimum absolute atomic E-state index is 0.0533. The molecule has 30 heavy (non-hydrogen) atoms. The lowest BCUT2D eigenvalue weighted by atomic mass is 9.55. The molecule has 1 saturated heterocycles. The van der Waals surface area contributed by atoms with Gasteiger partial charge in [0.2, 0.25) is 11.8 Å². The third-order valence-corrected chi connectivity index (χ3v) is 6.80. The number of carbonyl (C=O) groups excluding carboxylic acids is 2. The zero-order valence-electron chi connectivity index (χ0n) is 15.9. The van der Waals surface area contributed by atoms with Crippen molar-refractivity contribution in [3.8, 4) is 0 Å². The maximum Gasteiger partial charge on any atom is 0.335 e. The molecule has 3 aliphatic carbocycles. The van der Waals surface area contributed by atoms with Crippen LogP contribution in [-0.4, -0.2) is 22.9 Å². The van der Waals surface area contributed by atoms with Gasteiger partial charge in [0.1, 0.15) is 0 Å². The Morgan fingerprint density at radius 3 is 1.60 bits per heavy atom. The van der Waals surface area contributed by atoms with Gasteiger partial charge in [0.25, 0.3) is 0 Å². The second-order valence-corrected chi connectivity index (χ2v) is 8.13. The molecule has 3 aromatic rings. The number of rotatable bonds is 2. The molecule has 146 valence electrons. The summed E-state index contributed by atoms with van der Waals surface area (Å²) in [7, 11) is 0. The highest BCUT2D eigenvalue weighted by molar-refractivity contribution is 6.23. The van der Waals surface area contributed by atoms with Crippen molar-refractivity contribution in [1.82, 2.24) is 0 Å². The summed E-state index contributed by atoms with van der Waals surface area (Å²) in [6, 6.07) is 22.2. The standard InChI is InChI=1S/C25H17NO4/c27-23-21-19-15-8-1-2-9-16(15)20(18-11-4-3-10-17(18)19)22(21)24(28)26(23)14-7-5-6-13(12-14)25(29)30/h1-12,19-22H,(H,29,30). The van der Waals surface area contributed by atoms with Gasteiger partial charge in [-0.15, -0.1) is 0 Å². The molecular weight excluding hydrogens is 378 g/mol. The Balaban J connectivity index is 1.54. The molecule has 7 rings (SSSR count). The normalized spacial score (nSPS) is 25.7. The minimum atomic E-state index is -1.09. The first-order valence-electron chi connectivity index (χ1n) is 9.96. The summed E-state index contributed by atoms with van der Waals surface area (Å²) in [5.74, 6) is -2.86. The highest BCUT2D eigenvalue weighted by atomic mass is 16.4. The van der Waals surface area contributed by atoms with Crippen molar-refractivity contribution < 1.29 is 19.5 Å². The van der Waals surface area contributed by atoms with Crippen LogP contribution in [0.15, 0.2) is 72.8 Å². The molecule has 0 saturated carbocycles. The molecule has 1 aliphatic heterocycles. The SMILES string of the molecule is O=C(O)c1cccc(N2C(=O)C3C4c5ccccc5C(c5ccccc54)C3C2=O)c1. The fourth-order valence-electron chi connectivity index (χ4n) is 5.71. The summed E-state index contributed by atoms with van der Waals surface area (Å²) in [5.41, 5.74) is 4.84. The molecule has 4 aliphatic rings. The molecule has 1 fully saturated rings. The highest BCUT2D eigenvalue weighted by Crippen LogP contribution is 2.61. The Hall–Kier alpha value is -3.73. The van der Waals surface area contributed by atoms with E-state index in [1.807, 2.05) is 24.3 Å². The molecule has 5 nitrogen and oxygen atoms in total. The number of carbonyl (C=O) groups is 3. The number of amides is 2. The van der Waals surface area contributed by atoms with E-state index in [-0.39, 0.29) is 29.2 Å². The van der Waals surface area contributed by atoms with Crippen molar-refractivity contribution in [2.45, 2.75) is 11.8 Å². The van der Waals surface area contributed by atoms with Crippen LogP contribution < -0.4 is 4.90 Å². The molecule has 2 unspecified atom stereocenters. The molecule has 2 amide bonds. The first kappa shape index (κ1) is 17.2. The molecule has 1 N–H and O–H groups in total. The highest BCUT2D eigenvalue weighted by Gasteiger charge is 2.61. The molecule has 1 heterocycles. The Labute approximate surface area is 172 Å². The van der Waals surface area contributed by atoms with Crippen LogP contribution in [0.5, 0.6) is 0 Å². The third kappa shape index (κ3) is 2.04. The fourth-order valence-corrected chi connectivity index (χ4v) is 5.71. The molecule has 5 heteroatoms. The summed E-state index contributed by atoms with van der Waals surface area (Å²) >= 11 is 0. The Morgan fingerprint density at radius 1 is 0.700 bits per heavy atom. The minimum Gasteiger partial charge on any atom is -0.478 e. The Morgan fingerprint density at radius 2 is 1.17 bits per heavy atom. The summed E-state index contributed by atoms with van der Waals surface area (Å²) in [5, 5.41) is 9.33. The van der Waals surface area contributed by atoms with Crippen molar-refractivity contribution in [1.29, 1.82) is 0 Å². The van der Waals surface area contributed by atoms with E-state index in [0.29, 0.717) is 5.69 Å². The number of hydrogen-bond donors (Lipinski definition) is 1. The summed E-state index contributed by atoms with van der Waals surface area (Å²) in [4.78, 5) is 39.8. The van der Waals surface area contributed by atoms with Crippen LogP contribution in [0.2, 0.25) is 0 Å². The monoisotopic (exact) mass is 395 g/mol. The third-order valence-electron chi connectivity index (χ3n) is 6.80. The lowest BCUT2D eigenvalue weighted by molar-refractivity contribution is -0.122. The summed E-state index contributed by atoms with van der Waals surface area (Å²) < 4.78 is 0. The fraction of sp³-hybridized carbons (Fsp3) is 0.160. The average Bonchev–Trinajstić information content (AvgIpc) is 3.04. The number of benzene rings is 3. The van der Waals surface area contributed by atoms with E-state index in [1.165, 1.54) is 17.0 Å². The van der Waals surface area contributed by atoms with Crippen molar-refractivity contribution in [2.24, 2.45) is 11.8 Å². The Kier molecular flexibility index (Phi) is 3.37. The van der Waals surface area contributed by atoms with E-state index in [1.54, 1.807) is 12.1 Å². The molecule has 2 atom stereocenters. The van der Waals surface area contributed by atoms with E-state index < -0.39 is 17.8 Å². The van der Waals surface area contributed by atoms with Gasteiger partial charge in [-0.2, -0.15) is 0 Å². The van der Waals surface area contributed by atoms with Gasteiger partial charge in [-0.25, -0.2) is 9.69 Å². The van der Waals surface area contributed by atoms with Gasteiger partial charge in [0.15, 0.2) is 0 Å². The van der Waals surface area contributed by atoms with Crippen molar-refractivity contribution >= 4 is 23.5 Å². The number of hydrogen-bond acceptors (Lipinski definition) is 3. The van der Waals surface area contributed by atoms with Gasteiger partial charge in [-0.1, -0.05) is 54.6 Å². The van der Waals surface area contributed by atoms with E-state index in [4.69, 9.17) is 0 Å². The average molecular weight is 395 g/mol. The number of aromatic carboxylic acids is 1. The van der Waals surface area contributed by atoms with Crippen LogP contribution in [0.4, 0.5) is 5.69 Å². The van der Waals surface area contributed by atoms with E-state index in [2.05, 4.69) is 24.3 Å². The molecule has 0 radical (unpaired) electrons. The number of carboxylic acid groups (broad SMARTS) is 1. The van der Waals surface area contributed by atoms with E-state index in [9.17, 15) is 19.5 Å². The summed E-state index contributed by atoms with van der Waals surface area (Å²) in [6.45, 7) is 0. The quantitative estimate of drug-likeness (QED) is 0.670. The van der Waals surface area contributed by atoms with Crippen LogP contribution in [0.25, 0.3) is 0 Å². The molecule has 3 aromatic carbocycles. The summed E-state index contributed by atoms with van der Waals surface area (Å²) in [6.07, 6.45) is 0. The van der Waals surface area contributed by atoms with Crippen molar-refractivity contribution in [3.63, 3.8) is 0 Å². The smallest absolute Gasteiger partial charge is 0.335 e. The molecular formula is C25H17NO4. The molecule has 0 aromatic heterocycles. The first-order chi connectivity index (χ1) is 14.6. The maximum atomic E-state index is 13.6. The predicted molar refractivity (Wildman–Crippen MR) is 109 cm³/mol. The van der Waals surface area contributed by atoms with E-state index in [0.717, 1.165) is 22.3 Å². The lowest BCUT2D eigenvalue weighted by Gasteiger charge is -2.45. The van der Waals surface area contributed by atoms with Gasteiger partial charge >= 0.3 is 5.97 Å². The van der Waals surface area contributed by atoms with Crippen molar-refractivity contribution in [2.75, 3.05) is 4.90 Å². The van der Waals surface area contributed by atoms with Gasteiger partial charge in [-0.3, -0.25) is 9.59 Å². The number of imide groups is 1. The second kappa shape index (κ2) is 5.89. The van der Waals surface area contributed by atoms with Gasteiger partial charge in [0.05, 0.1) is 23.1 Å². The molecule has 0 spiro atoms. The number of carboxylic acids is 1. The van der Waals surface area contributed by atoms with Gasteiger partial charge in [-0.05, 0) is 40.5 Å². The van der Waals surface area contributed by atoms with Gasteiger partial charge in [0, 0.05) is 11.8 Å². The first-order valence-corrected chi connectivity index (χ1v) is 9.96. The second-order valence-electron chi connectivity index (χ2n) is 8.13.